The van der Waals surface area contributed by atoms with Crippen molar-refractivity contribution in [3.8, 4) is 28.8 Å². The van der Waals surface area contributed by atoms with Gasteiger partial charge in [-0.05, 0) is 37.3 Å². The molecule has 25 heavy (non-hydrogen) atoms. The highest BCUT2D eigenvalue weighted by molar-refractivity contribution is 5.70. The zero-order valence-corrected chi connectivity index (χ0v) is 13.7. The Morgan fingerprint density at radius 3 is 2.68 bits per heavy atom. The van der Waals surface area contributed by atoms with Crippen LogP contribution in [0.25, 0.3) is 11.3 Å². The number of nitrogens with zero attached hydrogens (tertiary/aromatic N) is 3. The number of hydrogen-bond acceptors (Lipinski definition) is 5. The lowest BCUT2D eigenvalue weighted by molar-refractivity contribution is 0.386. The Morgan fingerprint density at radius 1 is 1.16 bits per heavy atom. The van der Waals surface area contributed by atoms with Crippen LogP contribution < -0.4 is 10.5 Å². The fourth-order valence-corrected chi connectivity index (χ4v) is 2.34. The van der Waals surface area contributed by atoms with Crippen molar-refractivity contribution < 1.29 is 9.13 Å². The monoisotopic (exact) mass is 334 g/mol. The van der Waals surface area contributed by atoms with E-state index in [2.05, 4.69) is 26.8 Å². The van der Waals surface area contributed by atoms with Crippen LogP contribution in [0.15, 0.2) is 42.7 Å². The normalized spacial score (nSPS) is 10.0. The molecule has 0 saturated carbocycles. The van der Waals surface area contributed by atoms with Crippen LogP contribution in [0.5, 0.6) is 5.75 Å². The Hall–Kier alpha value is -3.46. The number of methoxy groups -OCH3 is 1. The summed E-state index contributed by atoms with van der Waals surface area (Å²) in [7, 11) is 1.41. The van der Waals surface area contributed by atoms with Gasteiger partial charge in [0.15, 0.2) is 11.6 Å². The molecular weight excluding hydrogens is 319 g/mol. The van der Waals surface area contributed by atoms with Crippen LogP contribution in [0.3, 0.4) is 0 Å². The highest BCUT2D eigenvalue weighted by Gasteiger charge is 2.13. The molecular formula is C19H15FN4O. The number of nitrogens with two attached hydrogens (primary N) is 1. The minimum Gasteiger partial charge on any atom is -0.494 e. The molecule has 0 aliphatic rings. The molecule has 0 spiro atoms. The first kappa shape index (κ1) is 16.4. The maximum absolute atomic E-state index is 14.1. The number of aromatic nitrogens is 3. The number of halogens is 1. The first-order valence-electron chi connectivity index (χ1n) is 7.48. The third-order valence-electron chi connectivity index (χ3n) is 3.53. The first-order valence-corrected chi connectivity index (χ1v) is 7.48. The van der Waals surface area contributed by atoms with E-state index < -0.39 is 5.82 Å². The number of anilines is 1. The van der Waals surface area contributed by atoms with Crippen molar-refractivity contribution in [3.63, 3.8) is 0 Å². The van der Waals surface area contributed by atoms with E-state index in [1.54, 1.807) is 31.5 Å². The zero-order valence-electron chi connectivity index (χ0n) is 13.7. The van der Waals surface area contributed by atoms with E-state index in [-0.39, 0.29) is 11.7 Å². The summed E-state index contributed by atoms with van der Waals surface area (Å²) >= 11 is 0. The zero-order chi connectivity index (χ0) is 17.8. The summed E-state index contributed by atoms with van der Waals surface area (Å²) in [4.78, 5) is 12.4. The van der Waals surface area contributed by atoms with Gasteiger partial charge in [0.1, 0.15) is 0 Å². The smallest absolute Gasteiger partial charge is 0.220 e. The minimum atomic E-state index is -0.485. The third-order valence-corrected chi connectivity index (χ3v) is 3.53. The van der Waals surface area contributed by atoms with Gasteiger partial charge in [-0.3, -0.25) is 4.98 Å². The molecule has 0 radical (unpaired) electrons. The Labute approximate surface area is 144 Å². The largest absolute Gasteiger partial charge is 0.494 e. The van der Waals surface area contributed by atoms with E-state index in [1.165, 1.54) is 19.2 Å². The lowest BCUT2D eigenvalue weighted by Crippen LogP contribution is -2.03. The Kier molecular flexibility index (Phi) is 4.57. The molecule has 2 aromatic heterocycles. The van der Waals surface area contributed by atoms with Crippen LogP contribution in [0, 0.1) is 24.6 Å². The molecule has 0 fully saturated rings. The molecule has 0 aliphatic carbocycles. The molecule has 2 N–H and O–H groups in total. The second-order valence-electron chi connectivity index (χ2n) is 5.23. The summed E-state index contributed by atoms with van der Waals surface area (Å²) in [6, 6.07) is 8.24. The fourth-order valence-electron chi connectivity index (χ4n) is 2.34. The summed E-state index contributed by atoms with van der Waals surface area (Å²) in [5, 5.41) is 0. The molecule has 6 heteroatoms. The number of benzene rings is 1. The van der Waals surface area contributed by atoms with Gasteiger partial charge in [-0.15, -0.1) is 0 Å². The van der Waals surface area contributed by atoms with Gasteiger partial charge in [0.25, 0.3) is 0 Å². The highest BCUT2D eigenvalue weighted by Crippen LogP contribution is 2.28. The molecule has 0 bridgehead atoms. The molecule has 124 valence electrons. The number of aryl methyl sites for hydroxylation is 1. The fraction of sp³-hybridized carbons (Fsp3) is 0.105. The molecule has 3 rings (SSSR count). The van der Waals surface area contributed by atoms with Gasteiger partial charge in [-0.2, -0.15) is 0 Å². The number of nitrogen functional groups attached to an aromatic ring is 1. The average molecular weight is 334 g/mol. The van der Waals surface area contributed by atoms with Crippen molar-refractivity contribution in [1.29, 1.82) is 0 Å². The summed E-state index contributed by atoms with van der Waals surface area (Å²) in [5.74, 6) is 5.84. The predicted octanol–water partition coefficient (Wildman–Crippen LogP) is 2.98. The minimum absolute atomic E-state index is 0.107. The maximum Gasteiger partial charge on any atom is 0.220 e. The molecule has 0 unspecified atom stereocenters. The van der Waals surface area contributed by atoms with Crippen LogP contribution in [-0.2, 0) is 0 Å². The van der Waals surface area contributed by atoms with Crippen molar-refractivity contribution in [1.82, 2.24) is 15.0 Å². The lowest BCUT2D eigenvalue weighted by Gasteiger charge is -2.09. The van der Waals surface area contributed by atoms with E-state index in [0.717, 1.165) is 5.56 Å². The van der Waals surface area contributed by atoms with Crippen LogP contribution >= 0.6 is 0 Å². The summed E-state index contributed by atoms with van der Waals surface area (Å²) < 4.78 is 19.0. The van der Waals surface area contributed by atoms with Gasteiger partial charge in [0.05, 0.1) is 24.1 Å². The van der Waals surface area contributed by atoms with E-state index in [0.29, 0.717) is 22.5 Å². The molecule has 0 atom stereocenters. The second kappa shape index (κ2) is 6.97. The summed E-state index contributed by atoms with van der Waals surface area (Å²) in [6.45, 7) is 1.79. The second-order valence-corrected chi connectivity index (χ2v) is 5.23. The van der Waals surface area contributed by atoms with Gasteiger partial charge in [0, 0.05) is 23.5 Å². The maximum atomic E-state index is 14.1. The van der Waals surface area contributed by atoms with Gasteiger partial charge < -0.3 is 10.5 Å². The highest BCUT2D eigenvalue weighted by atomic mass is 19.1. The third kappa shape index (κ3) is 3.56. The number of pyridine rings is 1. The van der Waals surface area contributed by atoms with Crippen LogP contribution in [0.4, 0.5) is 10.3 Å². The molecule has 0 saturated heterocycles. The Balaban J connectivity index is 2.14. The quantitative estimate of drug-likeness (QED) is 0.729. The van der Waals surface area contributed by atoms with Crippen molar-refractivity contribution in [2.24, 2.45) is 0 Å². The van der Waals surface area contributed by atoms with Gasteiger partial charge in [0.2, 0.25) is 5.95 Å². The summed E-state index contributed by atoms with van der Waals surface area (Å²) in [5.41, 5.74) is 8.75. The van der Waals surface area contributed by atoms with Crippen LogP contribution in [-0.4, -0.2) is 22.1 Å². The van der Waals surface area contributed by atoms with Crippen LogP contribution in [0.1, 0.15) is 16.8 Å². The van der Waals surface area contributed by atoms with Crippen molar-refractivity contribution in [3.05, 3.63) is 65.4 Å². The standard InChI is InChI=1S/C19H15FN4O/c1-12-15(7-5-13-4-3-9-22-11-13)18(24-19(21)23-12)14-6-8-17(25-2)16(20)10-14/h3-4,6,8-11H,1-2H3,(H2,21,23,24). The van der Waals surface area contributed by atoms with Crippen molar-refractivity contribution in [2.75, 3.05) is 12.8 Å². The SMILES string of the molecule is COc1ccc(-c2nc(N)nc(C)c2C#Cc2cccnc2)cc1F. The van der Waals surface area contributed by atoms with Crippen LogP contribution in [0.2, 0.25) is 0 Å². The van der Waals surface area contributed by atoms with Gasteiger partial charge in [-0.25, -0.2) is 14.4 Å². The van der Waals surface area contributed by atoms with Crippen molar-refractivity contribution in [2.45, 2.75) is 6.92 Å². The predicted molar refractivity (Wildman–Crippen MR) is 93.3 cm³/mol. The van der Waals surface area contributed by atoms with Gasteiger partial charge >= 0.3 is 0 Å². The number of rotatable bonds is 2. The molecule has 0 aliphatic heterocycles. The number of ether oxygens (including phenoxy) is 1. The van der Waals surface area contributed by atoms with E-state index in [1.807, 2.05) is 6.07 Å². The van der Waals surface area contributed by atoms with Crippen molar-refractivity contribution >= 4 is 5.95 Å². The summed E-state index contributed by atoms with van der Waals surface area (Å²) in [6.07, 6.45) is 3.33. The van der Waals surface area contributed by atoms with E-state index in [4.69, 9.17) is 10.5 Å². The average Bonchev–Trinajstić information content (AvgIpc) is 2.61. The topological polar surface area (TPSA) is 73.9 Å². The molecule has 1 aromatic carbocycles. The Morgan fingerprint density at radius 2 is 2.00 bits per heavy atom. The van der Waals surface area contributed by atoms with E-state index in [9.17, 15) is 4.39 Å². The lowest BCUT2D eigenvalue weighted by atomic mass is 10.0. The molecule has 0 amide bonds. The van der Waals surface area contributed by atoms with Gasteiger partial charge in [-0.1, -0.05) is 11.8 Å². The van der Waals surface area contributed by atoms with E-state index >= 15 is 0 Å². The number of hydrogen-bond donors (Lipinski definition) is 1. The molecule has 5 nitrogen and oxygen atoms in total. The molecule has 2 heterocycles. The Bertz CT molecular complexity index is 978. The molecule has 3 aromatic rings. The first-order chi connectivity index (χ1) is 12.1.